The Hall–Kier alpha value is -1.38. The van der Waals surface area contributed by atoms with Gasteiger partial charge in [0, 0.05) is 13.1 Å². The topological polar surface area (TPSA) is 97.0 Å². The van der Waals surface area contributed by atoms with Gasteiger partial charge >= 0.3 is 5.97 Å². The molecule has 19 heavy (non-hydrogen) atoms. The summed E-state index contributed by atoms with van der Waals surface area (Å²) in [5.74, 6) is -1.02. The average molecular weight is 289 g/mol. The van der Waals surface area contributed by atoms with E-state index in [-0.39, 0.29) is 17.6 Å². The van der Waals surface area contributed by atoms with Crippen molar-refractivity contribution in [3.05, 3.63) is 18.6 Å². The maximum Gasteiger partial charge on any atom is 0.329 e. The number of piperidine rings is 1. The summed E-state index contributed by atoms with van der Waals surface area (Å²) in [5.41, 5.74) is 0. The number of carboxylic acids is 1. The fourth-order valence-corrected chi connectivity index (χ4v) is 3.37. The predicted molar refractivity (Wildman–Crippen MR) is 64.1 cm³/mol. The minimum atomic E-state index is -3.51. The third kappa shape index (κ3) is 3.34. The Bertz CT molecular complexity index is 515. The van der Waals surface area contributed by atoms with Crippen molar-refractivity contribution < 1.29 is 27.5 Å². The highest BCUT2D eigenvalue weighted by atomic mass is 32.2. The Kier molecular flexibility index (Phi) is 4.23. The lowest BCUT2D eigenvalue weighted by atomic mass is 10.1. The summed E-state index contributed by atoms with van der Waals surface area (Å²) in [5, 5.41) is 8.51. The van der Waals surface area contributed by atoms with Crippen LogP contribution in [0, 0.1) is 0 Å². The highest BCUT2D eigenvalue weighted by Gasteiger charge is 2.30. The van der Waals surface area contributed by atoms with Crippen LogP contribution >= 0.6 is 0 Å². The van der Waals surface area contributed by atoms with Crippen LogP contribution in [0.1, 0.15) is 12.8 Å². The summed E-state index contributed by atoms with van der Waals surface area (Å²) in [6, 6.07) is 1.41. The summed E-state index contributed by atoms with van der Waals surface area (Å²) >= 11 is 0. The maximum atomic E-state index is 12.2. The van der Waals surface area contributed by atoms with Gasteiger partial charge in [-0.3, -0.25) is 0 Å². The molecule has 0 spiro atoms. The molecular formula is C11H15NO6S. The number of aliphatic carboxylic acids is 1. The minimum absolute atomic E-state index is 0.136. The van der Waals surface area contributed by atoms with Gasteiger partial charge in [0.2, 0.25) is 10.0 Å². The van der Waals surface area contributed by atoms with Crippen molar-refractivity contribution in [3.8, 4) is 0 Å². The third-order valence-electron chi connectivity index (χ3n) is 2.98. The van der Waals surface area contributed by atoms with Crippen LogP contribution < -0.4 is 0 Å². The van der Waals surface area contributed by atoms with Gasteiger partial charge in [-0.05, 0) is 18.9 Å². The van der Waals surface area contributed by atoms with Crippen LogP contribution in [0.25, 0.3) is 0 Å². The van der Waals surface area contributed by atoms with Gasteiger partial charge in [-0.15, -0.1) is 0 Å². The van der Waals surface area contributed by atoms with E-state index < -0.39 is 16.0 Å². The van der Waals surface area contributed by atoms with Gasteiger partial charge in [0.05, 0.1) is 12.4 Å². The molecule has 2 heterocycles. The fourth-order valence-electron chi connectivity index (χ4n) is 1.98. The highest BCUT2D eigenvalue weighted by molar-refractivity contribution is 7.89. The second-order valence-electron chi connectivity index (χ2n) is 4.27. The number of hydrogen-bond acceptors (Lipinski definition) is 5. The molecule has 0 atom stereocenters. The lowest BCUT2D eigenvalue weighted by Crippen LogP contribution is -2.41. The van der Waals surface area contributed by atoms with E-state index in [1.165, 1.54) is 22.9 Å². The number of carboxylic acid groups (broad SMARTS) is 1. The van der Waals surface area contributed by atoms with E-state index in [1.54, 1.807) is 0 Å². The van der Waals surface area contributed by atoms with Crippen molar-refractivity contribution >= 4 is 16.0 Å². The molecule has 1 aromatic rings. The molecule has 1 aromatic heterocycles. The van der Waals surface area contributed by atoms with Crippen LogP contribution in [0.4, 0.5) is 0 Å². The quantitative estimate of drug-likeness (QED) is 0.849. The zero-order valence-electron chi connectivity index (χ0n) is 10.2. The highest BCUT2D eigenvalue weighted by Crippen LogP contribution is 2.22. The predicted octanol–water partition coefficient (Wildman–Crippen LogP) is 0.534. The summed E-state index contributed by atoms with van der Waals surface area (Å²) in [4.78, 5) is 10.5. The fraction of sp³-hybridized carbons (Fsp3) is 0.545. The van der Waals surface area contributed by atoms with Gasteiger partial charge < -0.3 is 14.3 Å². The molecule has 0 amide bonds. The van der Waals surface area contributed by atoms with Gasteiger partial charge in [0.25, 0.3) is 0 Å². The molecule has 0 aliphatic carbocycles. The lowest BCUT2D eigenvalue weighted by molar-refractivity contribution is -0.145. The second kappa shape index (κ2) is 5.72. The van der Waals surface area contributed by atoms with Gasteiger partial charge in [-0.2, -0.15) is 4.31 Å². The lowest BCUT2D eigenvalue weighted by Gasteiger charge is -2.30. The largest absolute Gasteiger partial charge is 0.480 e. The molecule has 0 saturated carbocycles. The Balaban J connectivity index is 1.91. The van der Waals surface area contributed by atoms with Crippen molar-refractivity contribution in [2.45, 2.75) is 23.8 Å². The number of hydrogen-bond donors (Lipinski definition) is 1. The van der Waals surface area contributed by atoms with Gasteiger partial charge in [-0.1, -0.05) is 0 Å². The zero-order chi connectivity index (χ0) is 13.9. The Labute approximate surface area is 110 Å². The van der Waals surface area contributed by atoms with E-state index in [4.69, 9.17) is 14.3 Å². The van der Waals surface area contributed by atoms with Crippen molar-refractivity contribution in [2.24, 2.45) is 0 Å². The Morgan fingerprint density at radius 1 is 1.47 bits per heavy atom. The van der Waals surface area contributed by atoms with Crippen molar-refractivity contribution in [1.29, 1.82) is 0 Å². The van der Waals surface area contributed by atoms with Gasteiger partial charge in [0.15, 0.2) is 0 Å². The van der Waals surface area contributed by atoms with Gasteiger partial charge in [0.1, 0.15) is 17.8 Å². The van der Waals surface area contributed by atoms with E-state index in [0.717, 1.165) is 0 Å². The number of carbonyl (C=O) groups is 1. The summed E-state index contributed by atoms with van der Waals surface area (Å²) in [6.45, 7) is 0.286. The minimum Gasteiger partial charge on any atom is -0.480 e. The van der Waals surface area contributed by atoms with Crippen LogP contribution in [0.5, 0.6) is 0 Å². The molecule has 1 saturated heterocycles. The molecule has 106 valence electrons. The van der Waals surface area contributed by atoms with Gasteiger partial charge in [-0.25, -0.2) is 13.2 Å². The van der Waals surface area contributed by atoms with Crippen LogP contribution in [-0.2, 0) is 19.6 Å². The smallest absolute Gasteiger partial charge is 0.329 e. The first-order valence-corrected chi connectivity index (χ1v) is 7.30. The number of furan rings is 1. The van der Waals surface area contributed by atoms with E-state index in [9.17, 15) is 13.2 Å². The molecule has 1 aliphatic heterocycles. The Morgan fingerprint density at radius 3 is 2.68 bits per heavy atom. The molecule has 0 unspecified atom stereocenters. The van der Waals surface area contributed by atoms with Crippen LogP contribution in [-0.4, -0.2) is 49.6 Å². The molecule has 1 aliphatic rings. The van der Waals surface area contributed by atoms with E-state index in [0.29, 0.717) is 25.9 Å². The first-order valence-electron chi connectivity index (χ1n) is 5.86. The molecule has 8 heteroatoms. The number of ether oxygens (including phenoxy) is 1. The number of rotatable bonds is 5. The first kappa shape index (κ1) is 14.0. The molecule has 0 radical (unpaired) electrons. The van der Waals surface area contributed by atoms with Crippen molar-refractivity contribution in [2.75, 3.05) is 19.7 Å². The normalized spacial score (nSPS) is 18.5. The van der Waals surface area contributed by atoms with Crippen molar-refractivity contribution in [3.63, 3.8) is 0 Å². The average Bonchev–Trinajstić information content (AvgIpc) is 2.91. The second-order valence-corrected chi connectivity index (χ2v) is 6.21. The molecular weight excluding hydrogens is 274 g/mol. The van der Waals surface area contributed by atoms with E-state index in [1.807, 2.05) is 0 Å². The van der Waals surface area contributed by atoms with Crippen LogP contribution in [0.3, 0.4) is 0 Å². The third-order valence-corrected chi connectivity index (χ3v) is 4.85. The van der Waals surface area contributed by atoms with E-state index >= 15 is 0 Å². The first-order chi connectivity index (χ1) is 9.00. The maximum absolute atomic E-state index is 12.2. The monoisotopic (exact) mass is 289 g/mol. The number of sulfonamides is 1. The molecule has 0 aromatic carbocycles. The summed E-state index contributed by atoms with van der Waals surface area (Å²) in [7, 11) is -3.51. The molecule has 7 nitrogen and oxygen atoms in total. The molecule has 1 N–H and O–H groups in total. The summed E-state index contributed by atoms with van der Waals surface area (Å²) in [6.07, 6.45) is 3.29. The SMILES string of the molecule is O=C(O)COC1CCN(S(=O)(=O)c2ccoc2)CC1. The van der Waals surface area contributed by atoms with Crippen molar-refractivity contribution in [1.82, 2.24) is 4.31 Å². The Morgan fingerprint density at radius 2 is 2.16 bits per heavy atom. The standard InChI is InChI=1S/C11H15NO6S/c13-11(14)8-18-9-1-4-12(5-2-9)19(15,16)10-3-6-17-7-10/h3,6-7,9H,1-2,4-5,8H2,(H,13,14). The molecule has 0 bridgehead atoms. The van der Waals surface area contributed by atoms with E-state index in [2.05, 4.69) is 0 Å². The van der Waals surface area contributed by atoms with Crippen LogP contribution in [0.2, 0.25) is 0 Å². The molecule has 1 fully saturated rings. The number of nitrogens with zero attached hydrogens (tertiary/aromatic N) is 1. The zero-order valence-corrected chi connectivity index (χ0v) is 11.0. The summed E-state index contributed by atoms with van der Waals surface area (Å²) < 4.78 is 35.6. The molecule has 2 rings (SSSR count). The van der Waals surface area contributed by atoms with Crippen LogP contribution in [0.15, 0.2) is 27.9 Å².